The van der Waals surface area contributed by atoms with Crippen LogP contribution in [0.15, 0.2) is 0 Å². The molecule has 0 heteroatoms. The monoisotopic (exact) mass is 172 g/mol. The zero-order chi connectivity index (χ0) is 8.05. The van der Waals surface area contributed by atoms with E-state index in [9.17, 15) is 0 Å². The molecule has 0 aromatic carbocycles. The quantitative estimate of drug-likeness (QED) is 0.527. The standard InChI is InChI=1S/C13H16/c1-7-10-3-12-4-11(7)2-9(12)8(1)13(10,5-11)6-12/h7-10H,1-6H2. The van der Waals surface area contributed by atoms with Gasteiger partial charge >= 0.3 is 0 Å². The highest BCUT2D eigenvalue weighted by Crippen LogP contribution is 2.97. The van der Waals surface area contributed by atoms with Gasteiger partial charge in [-0.1, -0.05) is 0 Å². The molecule has 3 bridgehead atoms. The minimum atomic E-state index is 0.959. The molecule has 13 heavy (non-hydrogen) atoms. The van der Waals surface area contributed by atoms with Crippen molar-refractivity contribution in [1.82, 2.24) is 0 Å². The molecule has 0 amide bonds. The number of rotatable bonds is 0. The first-order valence-corrected chi connectivity index (χ1v) is 6.28. The molecule has 5 fully saturated rings. The molecular formula is C13H16. The van der Waals surface area contributed by atoms with Crippen molar-refractivity contribution in [2.45, 2.75) is 38.5 Å². The van der Waals surface area contributed by atoms with E-state index < -0.39 is 0 Å². The maximum Gasteiger partial charge on any atom is -0.0224 e. The van der Waals surface area contributed by atoms with Crippen LogP contribution in [-0.4, -0.2) is 0 Å². The van der Waals surface area contributed by atoms with Crippen molar-refractivity contribution in [3.8, 4) is 0 Å². The topological polar surface area (TPSA) is 0 Å². The van der Waals surface area contributed by atoms with Crippen molar-refractivity contribution < 1.29 is 0 Å². The van der Waals surface area contributed by atoms with E-state index in [0.29, 0.717) is 0 Å². The predicted molar refractivity (Wildman–Crippen MR) is 49.0 cm³/mol. The first kappa shape index (κ1) is 5.78. The van der Waals surface area contributed by atoms with E-state index in [4.69, 9.17) is 0 Å². The molecule has 5 rings (SSSR count). The zero-order valence-corrected chi connectivity index (χ0v) is 8.05. The lowest BCUT2D eigenvalue weighted by Gasteiger charge is -2.47. The Balaban J connectivity index is 1.90. The molecule has 0 heterocycles. The van der Waals surface area contributed by atoms with Gasteiger partial charge in [-0.25, -0.2) is 0 Å². The Morgan fingerprint density at radius 3 is 2.31 bits per heavy atom. The van der Waals surface area contributed by atoms with Gasteiger partial charge in [-0.2, -0.15) is 0 Å². The summed E-state index contributed by atoms with van der Waals surface area (Å²) in [6.45, 7) is 0. The average Bonchev–Trinajstić information content (AvgIpc) is 2.60. The lowest BCUT2D eigenvalue weighted by atomic mass is 9.57. The van der Waals surface area contributed by atoms with E-state index in [1.54, 1.807) is 38.5 Å². The summed E-state index contributed by atoms with van der Waals surface area (Å²) in [5.41, 5.74) is 2.90. The van der Waals surface area contributed by atoms with E-state index in [1.807, 2.05) is 0 Å². The van der Waals surface area contributed by atoms with Gasteiger partial charge in [0.1, 0.15) is 0 Å². The molecule has 0 aromatic heterocycles. The fourth-order valence-corrected chi connectivity index (χ4v) is 8.44. The number of hydrogen-bond donors (Lipinski definition) is 0. The Morgan fingerprint density at radius 2 is 1.46 bits per heavy atom. The summed E-state index contributed by atoms with van der Waals surface area (Å²) in [5, 5.41) is 0. The summed E-state index contributed by atoms with van der Waals surface area (Å²) < 4.78 is 0. The molecule has 7 atom stereocenters. The van der Waals surface area contributed by atoms with E-state index in [-0.39, 0.29) is 0 Å². The third-order valence-corrected chi connectivity index (χ3v) is 7.85. The second kappa shape index (κ2) is 1.12. The normalized spacial score (nSPS) is 88.6. The molecule has 7 unspecified atom stereocenters. The molecular weight excluding hydrogens is 156 g/mol. The summed E-state index contributed by atoms with van der Waals surface area (Å²) in [6, 6.07) is 0. The van der Waals surface area contributed by atoms with Gasteiger partial charge in [0.15, 0.2) is 0 Å². The summed E-state index contributed by atoms with van der Waals surface area (Å²) in [6.07, 6.45) is 10.2. The van der Waals surface area contributed by atoms with Gasteiger partial charge in [0.05, 0.1) is 0 Å². The first-order valence-electron chi connectivity index (χ1n) is 6.28. The van der Waals surface area contributed by atoms with Crippen LogP contribution in [0.2, 0.25) is 0 Å². The van der Waals surface area contributed by atoms with Crippen LogP contribution in [0.3, 0.4) is 0 Å². The summed E-state index contributed by atoms with van der Waals surface area (Å²) in [4.78, 5) is 0. The first-order chi connectivity index (χ1) is 6.28. The van der Waals surface area contributed by atoms with E-state index >= 15 is 0 Å². The van der Waals surface area contributed by atoms with Crippen LogP contribution in [0, 0.1) is 39.9 Å². The van der Waals surface area contributed by atoms with Crippen LogP contribution in [-0.2, 0) is 0 Å². The van der Waals surface area contributed by atoms with Crippen molar-refractivity contribution in [3.05, 3.63) is 0 Å². The second-order valence-corrected chi connectivity index (χ2v) is 7.56. The SMILES string of the molecule is C1C2C3CC45CC26CC4C1C3(C6)C5. The third-order valence-electron chi connectivity index (χ3n) is 7.85. The van der Waals surface area contributed by atoms with Gasteiger partial charge in [0.2, 0.25) is 0 Å². The maximum atomic E-state index is 1.71. The molecule has 3 spiro atoms. The predicted octanol–water partition coefficient (Wildman–Crippen LogP) is 2.83. The summed E-state index contributed by atoms with van der Waals surface area (Å²) in [7, 11) is 0. The Morgan fingerprint density at radius 1 is 0.692 bits per heavy atom. The zero-order valence-electron chi connectivity index (χ0n) is 8.05. The van der Waals surface area contributed by atoms with Crippen LogP contribution < -0.4 is 0 Å². The highest BCUT2D eigenvalue weighted by atomic mass is 14.9. The van der Waals surface area contributed by atoms with Crippen molar-refractivity contribution >= 4 is 0 Å². The highest BCUT2D eigenvalue weighted by molar-refractivity contribution is 5.38. The highest BCUT2D eigenvalue weighted by Gasteiger charge is 2.89. The Labute approximate surface area is 79.1 Å². The molecule has 0 nitrogen and oxygen atoms in total. The lowest BCUT2D eigenvalue weighted by Crippen LogP contribution is -2.39. The van der Waals surface area contributed by atoms with Crippen molar-refractivity contribution in [2.24, 2.45) is 39.9 Å². The lowest BCUT2D eigenvalue weighted by molar-refractivity contribution is 0.0169. The molecule has 0 saturated heterocycles. The van der Waals surface area contributed by atoms with E-state index in [0.717, 1.165) is 16.2 Å². The van der Waals surface area contributed by atoms with Crippen LogP contribution in [0.5, 0.6) is 0 Å². The Bertz CT molecular complexity index is 332. The smallest absolute Gasteiger partial charge is 0.0224 e. The van der Waals surface area contributed by atoms with Gasteiger partial charge in [-0.15, -0.1) is 0 Å². The van der Waals surface area contributed by atoms with Crippen LogP contribution >= 0.6 is 0 Å². The molecule has 5 aliphatic carbocycles. The minimum absolute atomic E-state index is 0.959. The molecule has 0 N–H and O–H groups in total. The van der Waals surface area contributed by atoms with Gasteiger partial charge < -0.3 is 0 Å². The average molecular weight is 172 g/mol. The van der Waals surface area contributed by atoms with Gasteiger partial charge in [-0.05, 0) is 78.4 Å². The van der Waals surface area contributed by atoms with Crippen LogP contribution in [0.25, 0.3) is 0 Å². The van der Waals surface area contributed by atoms with Crippen molar-refractivity contribution in [3.63, 3.8) is 0 Å². The van der Waals surface area contributed by atoms with Gasteiger partial charge in [0.25, 0.3) is 0 Å². The van der Waals surface area contributed by atoms with Gasteiger partial charge in [0, 0.05) is 0 Å². The fourth-order valence-electron chi connectivity index (χ4n) is 8.44. The summed E-state index contributed by atoms with van der Waals surface area (Å²) in [5.74, 6) is 4.99. The Kier molecular flexibility index (Phi) is 0.498. The molecule has 68 valence electrons. The largest absolute Gasteiger partial charge is 0.0459 e. The number of fused-ring (bicyclic) bond motifs is 2. The van der Waals surface area contributed by atoms with E-state index in [2.05, 4.69) is 0 Å². The molecule has 0 aliphatic heterocycles. The van der Waals surface area contributed by atoms with Crippen molar-refractivity contribution in [2.75, 3.05) is 0 Å². The Hall–Kier alpha value is 0. The molecule has 0 aromatic rings. The fraction of sp³-hybridized carbons (Fsp3) is 1.00. The minimum Gasteiger partial charge on any atom is -0.0459 e. The van der Waals surface area contributed by atoms with Crippen molar-refractivity contribution in [1.29, 1.82) is 0 Å². The molecule has 0 radical (unpaired) electrons. The number of hydrogen-bond acceptors (Lipinski definition) is 0. The maximum absolute atomic E-state index is 1.71. The van der Waals surface area contributed by atoms with Gasteiger partial charge in [-0.3, -0.25) is 0 Å². The molecule has 5 saturated carbocycles. The van der Waals surface area contributed by atoms with Crippen LogP contribution in [0.1, 0.15) is 38.5 Å². The third kappa shape index (κ3) is 0.293. The van der Waals surface area contributed by atoms with E-state index in [1.165, 1.54) is 23.7 Å². The summed E-state index contributed by atoms with van der Waals surface area (Å²) >= 11 is 0. The molecule has 5 aliphatic rings. The van der Waals surface area contributed by atoms with Crippen LogP contribution in [0.4, 0.5) is 0 Å². The second-order valence-electron chi connectivity index (χ2n) is 7.56.